The highest BCUT2D eigenvalue weighted by Gasteiger charge is 2.24. The fourth-order valence-electron chi connectivity index (χ4n) is 3.19. The lowest BCUT2D eigenvalue weighted by molar-refractivity contribution is 0.241. The van der Waals surface area contributed by atoms with Crippen LogP contribution in [0.15, 0.2) is 48.5 Å². The van der Waals surface area contributed by atoms with E-state index in [4.69, 9.17) is 16.3 Å². The van der Waals surface area contributed by atoms with E-state index >= 15 is 0 Å². The van der Waals surface area contributed by atoms with Crippen molar-refractivity contribution in [1.82, 2.24) is 10.2 Å². The van der Waals surface area contributed by atoms with Gasteiger partial charge < -0.3 is 10.1 Å². The van der Waals surface area contributed by atoms with Crippen LogP contribution in [0.3, 0.4) is 0 Å². The van der Waals surface area contributed by atoms with E-state index in [2.05, 4.69) is 34.5 Å². The van der Waals surface area contributed by atoms with E-state index in [-0.39, 0.29) is 6.04 Å². The van der Waals surface area contributed by atoms with Gasteiger partial charge in [-0.25, -0.2) is 0 Å². The maximum Gasteiger partial charge on any atom is 0.118 e. The third kappa shape index (κ3) is 3.86. The molecule has 1 atom stereocenters. The molecule has 3 rings (SSSR count). The van der Waals surface area contributed by atoms with Gasteiger partial charge >= 0.3 is 0 Å². The average Bonchev–Trinajstić information content (AvgIpc) is 2.87. The molecule has 1 N–H and O–H groups in total. The number of rotatable bonds is 4. The van der Waals surface area contributed by atoms with Gasteiger partial charge in [0.25, 0.3) is 0 Å². The molecule has 0 aliphatic carbocycles. The summed E-state index contributed by atoms with van der Waals surface area (Å²) in [4.78, 5) is 2.52. The molecule has 0 amide bonds. The van der Waals surface area contributed by atoms with Crippen molar-refractivity contribution >= 4 is 11.6 Å². The summed E-state index contributed by atoms with van der Waals surface area (Å²) >= 11 is 6.52. The lowest BCUT2D eigenvalue weighted by Gasteiger charge is -2.32. The van der Waals surface area contributed by atoms with Gasteiger partial charge in [-0.05, 0) is 42.3 Å². The van der Waals surface area contributed by atoms with Gasteiger partial charge in [-0.2, -0.15) is 0 Å². The topological polar surface area (TPSA) is 24.5 Å². The summed E-state index contributed by atoms with van der Waals surface area (Å²) in [5, 5.41) is 4.30. The van der Waals surface area contributed by atoms with E-state index in [0.717, 1.165) is 43.4 Å². The highest BCUT2D eigenvalue weighted by atomic mass is 35.5. The van der Waals surface area contributed by atoms with Crippen LogP contribution in [0.1, 0.15) is 23.6 Å². The van der Waals surface area contributed by atoms with Crippen molar-refractivity contribution in [2.24, 2.45) is 0 Å². The largest absolute Gasteiger partial charge is 0.497 e. The Morgan fingerprint density at radius 3 is 2.57 bits per heavy atom. The fourth-order valence-corrected chi connectivity index (χ4v) is 3.43. The Kier molecular flexibility index (Phi) is 5.55. The number of hydrogen-bond donors (Lipinski definition) is 1. The second kappa shape index (κ2) is 7.82. The van der Waals surface area contributed by atoms with Crippen LogP contribution in [0.2, 0.25) is 5.02 Å². The van der Waals surface area contributed by atoms with E-state index in [9.17, 15) is 0 Å². The molecule has 0 saturated carbocycles. The first-order valence-corrected chi connectivity index (χ1v) is 8.50. The van der Waals surface area contributed by atoms with Crippen molar-refractivity contribution in [2.75, 3.05) is 33.3 Å². The van der Waals surface area contributed by atoms with Gasteiger partial charge in [-0.15, -0.1) is 0 Å². The highest BCUT2D eigenvalue weighted by molar-refractivity contribution is 6.31. The fraction of sp³-hybridized carbons (Fsp3) is 0.368. The van der Waals surface area contributed by atoms with Crippen LogP contribution in [0.25, 0.3) is 0 Å². The Morgan fingerprint density at radius 2 is 1.83 bits per heavy atom. The van der Waals surface area contributed by atoms with Crippen LogP contribution in [0.5, 0.6) is 5.75 Å². The van der Waals surface area contributed by atoms with Crippen molar-refractivity contribution in [3.8, 4) is 5.75 Å². The number of methoxy groups -OCH3 is 1. The molecule has 0 bridgehead atoms. The molecule has 0 spiro atoms. The van der Waals surface area contributed by atoms with Gasteiger partial charge in [-0.1, -0.05) is 41.9 Å². The predicted molar refractivity (Wildman–Crippen MR) is 95.3 cm³/mol. The Bertz CT molecular complexity index is 622. The molecule has 1 fully saturated rings. The zero-order valence-corrected chi connectivity index (χ0v) is 14.2. The third-order valence-corrected chi connectivity index (χ3v) is 4.72. The minimum absolute atomic E-state index is 0.175. The Balaban J connectivity index is 1.99. The second-order valence-electron chi connectivity index (χ2n) is 5.84. The molecule has 1 saturated heterocycles. The maximum atomic E-state index is 6.52. The molecule has 23 heavy (non-hydrogen) atoms. The molecular weight excluding hydrogens is 308 g/mol. The van der Waals surface area contributed by atoms with Crippen LogP contribution in [-0.2, 0) is 0 Å². The summed E-state index contributed by atoms with van der Waals surface area (Å²) in [6.45, 7) is 4.17. The molecule has 1 aliphatic rings. The highest BCUT2D eigenvalue weighted by Crippen LogP contribution is 2.34. The molecule has 0 aromatic heterocycles. The summed E-state index contributed by atoms with van der Waals surface area (Å²) in [5.41, 5.74) is 2.42. The maximum absolute atomic E-state index is 6.52. The summed E-state index contributed by atoms with van der Waals surface area (Å²) in [5.74, 6) is 0.879. The predicted octanol–water partition coefficient (Wildman–Crippen LogP) is 3.73. The summed E-state index contributed by atoms with van der Waals surface area (Å²) in [6, 6.07) is 16.7. The molecule has 1 unspecified atom stereocenters. The second-order valence-corrected chi connectivity index (χ2v) is 6.24. The van der Waals surface area contributed by atoms with Crippen molar-refractivity contribution < 1.29 is 4.74 Å². The van der Waals surface area contributed by atoms with Crippen molar-refractivity contribution in [3.63, 3.8) is 0 Å². The van der Waals surface area contributed by atoms with E-state index in [1.54, 1.807) is 7.11 Å². The number of halogens is 1. The molecule has 4 heteroatoms. The van der Waals surface area contributed by atoms with Crippen LogP contribution < -0.4 is 10.1 Å². The summed E-state index contributed by atoms with van der Waals surface area (Å²) in [6.07, 6.45) is 1.15. The monoisotopic (exact) mass is 330 g/mol. The van der Waals surface area contributed by atoms with Crippen LogP contribution in [-0.4, -0.2) is 38.2 Å². The number of hydrogen-bond acceptors (Lipinski definition) is 3. The van der Waals surface area contributed by atoms with Gasteiger partial charge in [0.2, 0.25) is 0 Å². The van der Waals surface area contributed by atoms with Crippen LogP contribution in [0.4, 0.5) is 0 Å². The van der Waals surface area contributed by atoms with Gasteiger partial charge in [0, 0.05) is 24.7 Å². The lowest BCUT2D eigenvalue weighted by atomic mass is 9.96. The molecule has 1 aliphatic heterocycles. The Labute approximate surface area is 143 Å². The zero-order chi connectivity index (χ0) is 16.1. The number of ether oxygens (including phenoxy) is 1. The van der Waals surface area contributed by atoms with Crippen molar-refractivity contribution in [1.29, 1.82) is 0 Å². The summed E-state index contributed by atoms with van der Waals surface area (Å²) in [7, 11) is 1.70. The normalized spacial score (nSPS) is 17.5. The molecule has 3 nitrogen and oxygen atoms in total. The standard InChI is InChI=1S/C19H23ClN2O/c1-23-16-9-7-15(8-10-16)19(17-5-2-3-6-18(17)20)22-13-4-11-21-12-14-22/h2-3,5-10,19,21H,4,11-14H2,1H3. The van der Waals surface area contributed by atoms with E-state index in [1.165, 1.54) is 11.1 Å². The van der Waals surface area contributed by atoms with E-state index in [1.807, 2.05) is 24.3 Å². The zero-order valence-electron chi connectivity index (χ0n) is 13.5. The molecule has 2 aromatic rings. The lowest BCUT2D eigenvalue weighted by Crippen LogP contribution is -2.33. The first-order chi connectivity index (χ1) is 11.3. The first-order valence-electron chi connectivity index (χ1n) is 8.13. The first kappa shape index (κ1) is 16.3. The number of nitrogens with one attached hydrogen (secondary N) is 1. The molecular formula is C19H23ClN2O. The minimum Gasteiger partial charge on any atom is -0.497 e. The van der Waals surface area contributed by atoms with Crippen molar-refractivity contribution in [3.05, 3.63) is 64.7 Å². The quantitative estimate of drug-likeness (QED) is 0.924. The van der Waals surface area contributed by atoms with Crippen molar-refractivity contribution in [2.45, 2.75) is 12.5 Å². The van der Waals surface area contributed by atoms with Gasteiger partial charge in [0.05, 0.1) is 13.2 Å². The third-order valence-electron chi connectivity index (χ3n) is 4.37. The Morgan fingerprint density at radius 1 is 1.04 bits per heavy atom. The minimum atomic E-state index is 0.175. The van der Waals surface area contributed by atoms with Crippen LogP contribution in [0, 0.1) is 0 Å². The van der Waals surface area contributed by atoms with Gasteiger partial charge in [-0.3, -0.25) is 4.90 Å². The van der Waals surface area contributed by atoms with E-state index in [0.29, 0.717) is 0 Å². The molecule has 122 valence electrons. The summed E-state index contributed by atoms with van der Waals surface area (Å²) < 4.78 is 5.29. The SMILES string of the molecule is COc1ccc(C(c2ccccc2Cl)N2CCCNCC2)cc1. The van der Waals surface area contributed by atoms with Gasteiger partial charge in [0.1, 0.15) is 5.75 Å². The molecule has 0 radical (unpaired) electrons. The Hall–Kier alpha value is -1.55. The number of benzene rings is 2. The average molecular weight is 331 g/mol. The molecule has 2 aromatic carbocycles. The smallest absolute Gasteiger partial charge is 0.118 e. The van der Waals surface area contributed by atoms with E-state index < -0.39 is 0 Å². The van der Waals surface area contributed by atoms with Crippen LogP contribution >= 0.6 is 11.6 Å². The number of nitrogens with zero attached hydrogens (tertiary/aromatic N) is 1. The molecule has 1 heterocycles. The van der Waals surface area contributed by atoms with Gasteiger partial charge in [0.15, 0.2) is 0 Å².